The first kappa shape index (κ1) is 15.1. The Hall–Kier alpha value is -0.940. The van der Waals surface area contributed by atoms with Gasteiger partial charge in [-0.2, -0.15) is 0 Å². The summed E-state index contributed by atoms with van der Waals surface area (Å²) in [5.41, 5.74) is -0.128. The zero-order valence-electron chi connectivity index (χ0n) is 11.1. The van der Waals surface area contributed by atoms with Gasteiger partial charge in [-0.3, -0.25) is 4.79 Å². The first-order chi connectivity index (χ1) is 8.25. The van der Waals surface area contributed by atoms with Crippen LogP contribution in [0.3, 0.4) is 0 Å². The summed E-state index contributed by atoms with van der Waals surface area (Å²) in [6.07, 6.45) is 0. The number of rotatable bonds is 4. The fourth-order valence-electron chi connectivity index (χ4n) is 1.23. The molecule has 1 rings (SSSR count). The quantitative estimate of drug-likeness (QED) is 0.926. The van der Waals surface area contributed by atoms with E-state index in [1.165, 1.54) is 6.07 Å². The highest BCUT2D eigenvalue weighted by Crippen LogP contribution is 2.18. The van der Waals surface area contributed by atoms with E-state index in [0.717, 1.165) is 0 Å². The molecule has 5 heteroatoms. The third kappa shape index (κ3) is 3.53. The van der Waals surface area contributed by atoms with Gasteiger partial charge in [-0.15, -0.1) is 0 Å². The Morgan fingerprint density at radius 1 is 1.44 bits per heavy atom. The molecule has 1 aromatic rings. The molecule has 18 heavy (non-hydrogen) atoms. The van der Waals surface area contributed by atoms with Gasteiger partial charge in [0.15, 0.2) is 0 Å². The topological polar surface area (TPSA) is 32.3 Å². The molecular weight excluding hydrogens is 299 g/mol. The number of nitrogens with zero attached hydrogens (tertiary/aromatic N) is 1. The summed E-state index contributed by atoms with van der Waals surface area (Å²) in [7, 11) is 3.87. The van der Waals surface area contributed by atoms with E-state index in [9.17, 15) is 9.18 Å². The molecule has 1 N–H and O–H groups in total. The van der Waals surface area contributed by atoms with Crippen molar-refractivity contribution in [1.82, 2.24) is 10.2 Å². The normalized spacial score (nSPS) is 11.7. The van der Waals surface area contributed by atoms with E-state index < -0.39 is 11.7 Å². The van der Waals surface area contributed by atoms with Crippen molar-refractivity contribution in [3.63, 3.8) is 0 Å². The highest BCUT2D eigenvalue weighted by molar-refractivity contribution is 9.10. The number of nitrogens with one attached hydrogen (secondary N) is 1. The monoisotopic (exact) mass is 316 g/mol. The Balaban J connectivity index is 2.75. The number of hydrogen-bond acceptors (Lipinski definition) is 2. The van der Waals surface area contributed by atoms with Gasteiger partial charge in [0.25, 0.3) is 5.91 Å². The van der Waals surface area contributed by atoms with Crippen molar-refractivity contribution in [3.05, 3.63) is 34.1 Å². The second-order valence-corrected chi connectivity index (χ2v) is 5.85. The van der Waals surface area contributed by atoms with Gasteiger partial charge in [0, 0.05) is 12.1 Å². The zero-order chi connectivity index (χ0) is 13.9. The molecule has 0 fully saturated rings. The largest absolute Gasteiger partial charge is 0.350 e. The molecule has 0 saturated carbocycles. The minimum atomic E-state index is -0.530. The van der Waals surface area contributed by atoms with Crippen LogP contribution in [0.4, 0.5) is 4.39 Å². The number of carbonyl (C=O) groups is 1. The van der Waals surface area contributed by atoms with Crippen LogP contribution in [-0.2, 0) is 0 Å². The van der Waals surface area contributed by atoms with E-state index in [-0.39, 0.29) is 11.1 Å². The number of halogens is 2. The zero-order valence-corrected chi connectivity index (χ0v) is 12.6. The molecule has 0 aliphatic heterocycles. The molecule has 0 spiro atoms. The van der Waals surface area contributed by atoms with E-state index in [0.29, 0.717) is 11.0 Å². The van der Waals surface area contributed by atoms with Crippen LogP contribution >= 0.6 is 15.9 Å². The van der Waals surface area contributed by atoms with Gasteiger partial charge in [-0.1, -0.05) is 6.07 Å². The maximum atomic E-state index is 13.7. The third-order valence-electron chi connectivity index (χ3n) is 3.09. The van der Waals surface area contributed by atoms with Gasteiger partial charge in [0.1, 0.15) is 5.82 Å². The summed E-state index contributed by atoms with van der Waals surface area (Å²) in [4.78, 5) is 13.9. The van der Waals surface area contributed by atoms with Crippen molar-refractivity contribution in [3.8, 4) is 0 Å². The van der Waals surface area contributed by atoms with Crippen molar-refractivity contribution < 1.29 is 9.18 Å². The second-order valence-electron chi connectivity index (χ2n) is 4.99. The predicted octanol–water partition coefficient (Wildman–Crippen LogP) is 2.66. The standard InChI is InChI=1S/C13H18BrFN2O/c1-13(2,17(3)4)8-16-12(18)9-6-5-7-10(14)11(9)15/h5-7H,8H2,1-4H3,(H,16,18). The van der Waals surface area contributed by atoms with Crippen LogP contribution in [0, 0.1) is 5.82 Å². The fraction of sp³-hybridized carbons (Fsp3) is 0.462. The van der Waals surface area contributed by atoms with Crippen LogP contribution in [0.5, 0.6) is 0 Å². The van der Waals surface area contributed by atoms with Crippen molar-refractivity contribution in [1.29, 1.82) is 0 Å². The lowest BCUT2D eigenvalue weighted by Crippen LogP contribution is -2.48. The van der Waals surface area contributed by atoms with Crippen LogP contribution in [0.25, 0.3) is 0 Å². The first-order valence-electron chi connectivity index (χ1n) is 5.65. The lowest BCUT2D eigenvalue weighted by Gasteiger charge is -2.32. The SMILES string of the molecule is CN(C)C(C)(C)CNC(=O)c1cccc(Br)c1F. The van der Waals surface area contributed by atoms with E-state index in [2.05, 4.69) is 21.2 Å². The lowest BCUT2D eigenvalue weighted by molar-refractivity contribution is 0.0915. The molecule has 0 saturated heterocycles. The first-order valence-corrected chi connectivity index (χ1v) is 6.44. The summed E-state index contributed by atoms with van der Waals surface area (Å²) in [5, 5.41) is 2.75. The molecule has 100 valence electrons. The summed E-state index contributed by atoms with van der Waals surface area (Å²) in [6.45, 7) is 4.46. The van der Waals surface area contributed by atoms with Crippen LogP contribution < -0.4 is 5.32 Å². The Kier molecular flexibility index (Phi) is 4.87. The fourth-order valence-corrected chi connectivity index (χ4v) is 1.60. The molecule has 1 amide bonds. The minimum absolute atomic E-state index is 0.0546. The highest BCUT2D eigenvalue weighted by Gasteiger charge is 2.22. The van der Waals surface area contributed by atoms with E-state index >= 15 is 0 Å². The summed E-state index contributed by atoms with van der Waals surface area (Å²) >= 11 is 3.06. The van der Waals surface area contributed by atoms with Gasteiger partial charge in [-0.05, 0) is 56.0 Å². The lowest BCUT2D eigenvalue weighted by atomic mass is 10.0. The molecular formula is C13H18BrFN2O. The maximum absolute atomic E-state index is 13.7. The number of hydrogen-bond donors (Lipinski definition) is 1. The van der Waals surface area contributed by atoms with Gasteiger partial charge in [0.05, 0.1) is 10.0 Å². The van der Waals surface area contributed by atoms with Gasteiger partial charge >= 0.3 is 0 Å². The van der Waals surface area contributed by atoms with Crippen molar-refractivity contribution >= 4 is 21.8 Å². The highest BCUT2D eigenvalue weighted by atomic mass is 79.9. The second kappa shape index (κ2) is 5.80. The average Bonchev–Trinajstić information content (AvgIpc) is 2.29. The van der Waals surface area contributed by atoms with E-state index in [4.69, 9.17) is 0 Å². The van der Waals surface area contributed by atoms with E-state index in [1.54, 1.807) is 12.1 Å². The van der Waals surface area contributed by atoms with E-state index in [1.807, 2.05) is 32.8 Å². The van der Waals surface area contributed by atoms with Gasteiger partial charge in [0.2, 0.25) is 0 Å². The average molecular weight is 317 g/mol. The van der Waals surface area contributed by atoms with Crippen LogP contribution in [0.15, 0.2) is 22.7 Å². The Labute approximate surface area is 115 Å². The molecule has 0 radical (unpaired) electrons. The van der Waals surface area contributed by atoms with Gasteiger partial charge in [-0.25, -0.2) is 4.39 Å². The number of carbonyl (C=O) groups excluding carboxylic acids is 1. The van der Waals surface area contributed by atoms with Crippen LogP contribution in [0.2, 0.25) is 0 Å². The number of amides is 1. The number of likely N-dealkylation sites (N-methyl/N-ethyl adjacent to an activating group) is 1. The predicted molar refractivity (Wildman–Crippen MR) is 74.2 cm³/mol. The van der Waals surface area contributed by atoms with Crippen LogP contribution in [-0.4, -0.2) is 37.0 Å². The van der Waals surface area contributed by atoms with Crippen molar-refractivity contribution in [2.24, 2.45) is 0 Å². The molecule has 3 nitrogen and oxygen atoms in total. The molecule has 0 bridgehead atoms. The molecule has 0 aliphatic rings. The summed E-state index contributed by atoms with van der Waals surface area (Å²) in [5.74, 6) is -0.929. The minimum Gasteiger partial charge on any atom is -0.350 e. The Morgan fingerprint density at radius 2 is 2.06 bits per heavy atom. The summed E-state index contributed by atoms with van der Waals surface area (Å²) in [6, 6.07) is 4.67. The van der Waals surface area contributed by atoms with Crippen molar-refractivity contribution in [2.45, 2.75) is 19.4 Å². The molecule has 0 aromatic heterocycles. The van der Waals surface area contributed by atoms with Crippen LogP contribution in [0.1, 0.15) is 24.2 Å². The Bertz CT molecular complexity index is 447. The van der Waals surface area contributed by atoms with Crippen molar-refractivity contribution in [2.75, 3.05) is 20.6 Å². The Morgan fingerprint density at radius 3 is 2.61 bits per heavy atom. The smallest absolute Gasteiger partial charge is 0.254 e. The van der Waals surface area contributed by atoms with Gasteiger partial charge < -0.3 is 10.2 Å². The molecule has 1 aromatic carbocycles. The third-order valence-corrected chi connectivity index (χ3v) is 3.70. The molecule has 0 unspecified atom stereocenters. The molecule has 0 heterocycles. The molecule has 0 atom stereocenters. The maximum Gasteiger partial charge on any atom is 0.254 e. The summed E-state index contributed by atoms with van der Waals surface area (Å²) < 4.78 is 14.0. The number of benzene rings is 1. The molecule has 0 aliphatic carbocycles.